The number of nitrogens with two attached hydrogens (primary N) is 1. The van der Waals surface area contributed by atoms with Gasteiger partial charge in [-0.3, -0.25) is 9.59 Å². The number of hydrogen-bond donors (Lipinski definition) is 2. The first-order valence-corrected chi connectivity index (χ1v) is 9.00. The van der Waals surface area contributed by atoms with Crippen molar-refractivity contribution in [1.82, 2.24) is 4.57 Å². The molecule has 2 rings (SSSR count). The number of ether oxygens (including phenoxy) is 1. The molecular formula is C19H24ClN3O3. The highest BCUT2D eigenvalue weighted by Gasteiger charge is 2.25. The van der Waals surface area contributed by atoms with Crippen LogP contribution in [0.15, 0.2) is 24.3 Å². The molecule has 7 heteroatoms. The van der Waals surface area contributed by atoms with Crippen molar-refractivity contribution in [1.29, 1.82) is 0 Å². The average molecular weight is 378 g/mol. The molecule has 0 aliphatic heterocycles. The van der Waals surface area contributed by atoms with E-state index in [1.54, 1.807) is 31.3 Å². The minimum Gasteiger partial charge on any atom is -0.493 e. The first-order chi connectivity index (χ1) is 12.4. The summed E-state index contributed by atoms with van der Waals surface area (Å²) in [5, 5.41) is 3.21. The van der Waals surface area contributed by atoms with Crippen molar-refractivity contribution >= 4 is 29.1 Å². The summed E-state index contributed by atoms with van der Waals surface area (Å²) in [6, 6.07) is 6.98. The van der Waals surface area contributed by atoms with Crippen molar-refractivity contribution in [3.8, 4) is 5.75 Å². The van der Waals surface area contributed by atoms with Gasteiger partial charge in [0.05, 0.1) is 17.9 Å². The number of benzene rings is 1. The zero-order chi connectivity index (χ0) is 19.3. The number of carbonyl (C=O) groups excluding carboxylic acids is 2. The number of hydrogen-bond acceptors (Lipinski definition) is 3. The molecule has 0 aliphatic carbocycles. The molecule has 6 nitrogen and oxygen atoms in total. The van der Waals surface area contributed by atoms with Gasteiger partial charge in [-0.25, -0.2) is 0 Å². The maximum atomic E-state index is 12.9. The van der Waals surface area contributed by atoms with E-state index in [0.29, 0.717) is 40.7 Å². The lowest BCUT2D eigenvalue weighted by Gasteiger charge is -2.12. The number of anilines is 1. The summed E-state index contributed by atoms with van der Waals surface area (Å²) >= 11 is 6.35. The van der Waals surface area contributed by atoms with Gasteiger partial charge in [0.1, 0.15) is 16.6 Å². The topological polar surface area (TPSA) is 86.3 Å². The minimum atomic E-state index is -0.650. The van der Waals surface area contributed by atoms with E-state index in [1.165, 1.54) is 4.57 Å². The molecule has 1 aromatic carbocycles. The monoisotopic (exact) mass is 377 g/mol. The molecule has 2 amide bonds. The molecule has 0 unspecified atom stereocenters. The summed E-state index contributed by atoms with van der Waals surface area (Å²) in [6.07, 6.45) is 2.25. The Morgan fingerprint density at radius 3 is 2.54 bits per heavy atom. The fourth-order valence-electron chi connectivity index (χ4n) is 2.79. The van der Waals surface area contributed by atoms with Crippen molar-refractivity contribution in [2.45, 2.75) is 33.1 Å². The lowest BCUT2D eigenvalue weighted by molar-refractivity contribution is 0.0993. The third kappa shape index (κ3) is 4.02. The Labute approximate surface area is 158 Å². The summed E-state index contributed by atoms with van der Waals surface area (Å²) in [7, 11) is 1.65. The summed E-state index contributed by atoms with van der Waals surface area (Å²) in [6.45, 7) is 4.49. The standard InChI is InChI=1S/C19H24ClN3O3/c1-4-8-13-15(16(18(21)24)23(3)17(13)20)22-19(25)12-9-6-7-10-14(12)26-11-5-2/h6-7,9-10H,4-5,8,11H2,1-3H3,(H2,21,24)(H,22,25). The quantitative estimate of drug-likeness (QED) is 0.734. The third-order valence-corrected chi connectivity index (χ3v) is 4.46. The smallest absolute Gasteiger partial charge is 0.267 e. The van der Waals surface area contributed by atoms with Crippen molar-refractivity contribution in [2.24, 2.45) is 12.8 Å². The van der Waals surface area contributed by atoms with Crippen molar-refractivity contribution in [3.05, 3.63) is 46.2 Å². The van der Waals surface area contributed by atoms with Crippen LogP contribution in [0.2, 0.25) is 5.15 Å². The first kappa shape index (κ1) is 19.8. The van der Waals surface area contributed by atoms with E-state index < -0.39 is 5.91 Å². The van der Waals surface area contributed by atoms with Crippen molar-refractivity contribution in [2.75, 3.05) is 11.9 Å². The number of para-hydroxylation sites is 1. The first-order valence-electron chi connectivity index (χ1n) is 8.62. The molecular weight excluding hydrogens is 354 g/mol. The van der Waals surface area contributed by atoms with E-state index in [1.807, 2.05) is 13.8 Å². The number of primary amides is 1. The molecule has 0 aliphatic rings. The molecule has 2 aromatic rings. The van der Waals surface area contributed by atoms with Gasteiger partial charge in [0, 0.05) is 12.6 Å². The van der Waals surface area contributed by atoms with Crippen LogP contribution in [0.3, 0.4) is 0 Å². The van der Waals surface area contributed by atoms with Crippen LogP contribution < -0.4 is 15.8 Å². The highest BCUT2D eigenvalue weighted by molar-refractivity contribution is 6.32. The maximum absolute atomic E-state index is 12.9. The molecule has 0 fully saturated rings. The fourth-order valence-corrected chi connectivity index (χ4v) is 3.06. The van der Waals surface area contributed by atoms with E-state index in [2.05, 4.69) is 5.32 Å². The second-order valence-corrected chi connectivity index (χ2v) is 6.32. The van der Waals surface area contributed by atoms with Crippen molar-refractivity contribution in [3.63, 3.8) is 0 Å². The highest BCUT2D eigenvalue weighted by atomic mass is 35.5. The number of amides is 2. The Bertz CT molecular complexity index is 815. The average Bonchev–Trinajstić information content (AvgIpc) is 2.85. The van der Waals surface area contributed by atoms with Gasteiger partial charge in [-0.2, -0.15) is 0 Å². The molecule has 0 bridgehead atoms. The largest absolute Gasteiger partial charge is 0.493 e. The van der Waals surface area contributed by atoms with Gasteiger partial charge >= 0.3 is 0 Å². The molecule has 0 radical (unpaired) electrons. The van der Waals surface area contributed by atoms with Gasteiger partial charge in [0.2, 0.25) is 0 Å². The van der Waals surface area contributed by atoms with Crippen LogP contribution >= 0.6 is 11.6 Å². The van der Waals surface area contributed by atoms with Crippen molar-refractivity contribution < 1.29 is 14.3 Å². The predicted molar refractivity (Wildman–Crippen MR) is 103 cm³/mol. The lowest BCUT2D eigenvalue weighted by Crippen LogP contribution is -2.21. The van der Waals surface area contributed by atoms with E-state index in [-0.39, 0.29) is 11.6 Å². The Kier molecular flexibility index (Phi) is 6.69. The number of halogens is 1. The van der Waals surface area contributed by atoms with E-state index in [4.69, 9.17) is 22.1 Å². The number of rotatable bonds is 8. The van der Waals surface area contributed by atoms with Gasteiger partial charge < -0.3 is 20.4 Å². The second-order valence-electron chi connectivity index (χ2n) is 5.96. The predicted octanol–water partition coefficient (Wildman–Crippen LogP) is 3.77. The summed E-state index contributed by atoms with van der Waals surface area (Å²) in [5.41, 5.74) is 7.14. The van der Waals surface area contributed by atoms with Crippen LogP contribution in [0.25, 0.3) is 0 Å². The lowest BCUT2D eigenvalue weighted by atomic mass is 10.1. The molecule has 140 valence electrons. The summed E-state index contributed by atoms with van der Waals surface area (Å²) in [5.74, 6) is -0.534. The molecule has 0 saturated heterocycles. The van der Waals surface area contributed by atoms with E-state index in [0.717, 1.165) is 12.8 Å². The molecule has 1 aromatic heterocycles. The second kappa shape index (κ2) is 8.76. The van der Waals surface area contributed by atoms with Gasteiger partial charge in [-0.1, -0.05) is 44.0 Å². The summed E-state index contributed by atoms with van der Waals surface area (Å²) < 4.78 is 7.15. The van der Waals surface area contributed by atoms with Gasteiger partial charge in [0.25, 0.3) is 11.8 Å². The Balaban J connectivity index is 2.44. The molecule has 3 N–H and O–H groups in total. The van der Waals surface area contributed by atoms with Crippen LogP contribution in [0, 0.1) is 0 Å². The van der Waals surface area contributed by atoms with Gasteiger partial charge in [0.15, 0.2) is 0 Å². The Morgan fingerprint density at radius 2 is 1.92 bits per heavy atom. The van der Waals surface area contributed by atoms with E-state index in [9.17, 15) is 9.59 Å². The molecule has 1 heterocycles. The molecule has 0 spiro atoms. The number of carbonyl (C=O) groups is 2. The van der Waals surface area contributed by atoms with Gasteiger partial charge in [-0.15, -0.1) is 0 Å². The van der Waals surface area contributed by atoms with Crippen LogP contribution in [0.4, 0.5) is 5.69 Å². The number of aromatic nitrogens is 1. The maximum Gasteiger partial charge on any atom is 0.267 e. The van der Waals surface area contributed by atoms with Crippen LogP contribution in [-0.2, 0) is 13.5 Å². The normalized spacial score (nSPS) is 10.6. The fraction of sp³-hybridized carbons (Fsp3) is 0.368. The van der Waals surface area contributed by atoms with Crippen LogP contribution in [0.1, 0.15) is 53.1 Å². The zero-order valence-corrected chi connectivity index (χ0v) is 16.0. The molecule has 26 heavy (non-hydrogen) atoms. The number of nitrogens with one attached hydrogen (secondary N) is 1. The SMILES string of the molecule is CCCOc1ccccc1C(=O)Nc1c(CCC)c(Cl)n(C)c1C(N)=O. The zero-order valence-electron chi connectivity index (χ0n) is 15.3. The van der Waals surface area contributed by atoms with Gasteiger partial charge in [-0.05, 0) is 25.0 Å². The molecule has 0 saturated carbocycles. The third-order valence-electron chi connectivity index (χ3n) is 3.98. The summed E-state index contributed by atoms with van der Waals surface area (Å²) in [4.78, 5) is 24.8. The Morgan fingerprint density at radius 1 is 1.23 bits per heavy atom. The van der Waals surface area contributed by atoms with Crippen LogP contribution in [-0.4, -0.2) is 23.0 Å². The van der Waals surface area contributed by atoms with E-state index >= 15 is 0 Å². The molecule has 0 atom stereocenters. The highest BCUT2D eigenvalue weighted by Crippen LogP contribution is 2.33. The number of nitrogens with zero attached hydrogens (tertiary/aromatic N) is 1. The van der Waals surface area contributed by atoms with Crippen LogP contribution in [0.5, 0.6) is 5.75 Å². The Hall–Kier alpha value is -2.47. The minimum absolute atomic E-state index is 0.179.